The second-order valence-electron chi connectivity index (χ2n) is 11.9. The zero-order valence-corrected chi connectivity index (χ0v) is 23.1. The molecule has 1 N–H and O–H groups in total. The lowest BCUT2D eigenvalue weighted by molar-refractivity contribution is -0.0979. The van der Waals surface area contributed by atoms with Gasteiger partial charge in [-0.05, 0) is 97.8 Å². The van der Waals surface area contributed by atoms with Crippen molar-refractivity contribution < 1.29 is 18.8 Å². The molecule has 0 aliphatic heterocycles. The molecule has 1 heterocycles. The summed E-state index contributed by atoms with van der Waals surface area (Å²) in [6, 6.07) is 10.4. The van der Waals surface area contributed by atoms with E-state index in [1.165, 1.54) is 17.2 Å². The highest BCUT2D eigenvalue weighted by Gasteiger charge is 2.46. The fourth-order valence-electron chi connectivity index (χ4n) is 5.45. The lowest BCUT2D eigenvalue weighted by atomic mass is 9.76. The van der Waals surface area contributed by atoms with Gasteiger partial charge in [-0.25, -0.2) is 9.18 Å². The molecule has 1 amide bonds. The molecule has 36 heavy (non-hydrogen) atoms. The fourth-order valence-corrected chi connectivity index (χ4v) is 6.44. The molecular formula is C29H39FN2O3Si. The van der Waals surface area contributed by atoms with E-state index in [0.717, 1.165) is 48.9 Å². The Morgan fingerprint density at radius 3 is 2.56 bits per heavy atom. The molecule has 1 aromatic carbocycles. The molecule has 2 aliphatic rings. The number of pyridine rings is 1. The van der Waals surface area contributed by atoms with Gasteiger partial charge in [-0.3, -0.25) is 4.98 Å². The standard InChI is InChI=1S/C29H39FN2O3Si/c1-29(2,3)36(4,5)35-32(28(33)34)26-15-16-27-20(9-10-22(27)18-26)11-13-25-14-12-23(19-31-25)21-7-6-8-24(30)17-21/h6-8,11-14,17,19-20,22,26-27H,9-10,15-16,18H2,1-5H3,(H,33,34)/t20?,22-,26?,27-/m0/s1. The SMILES string of the molecule is CC(C)(C)[Si](C)(C)ON(C(=O)O)C1CC[C@H]2C(C=Cc3ccc(-c4cccc(F)c4)cn3)CC[C@H]2C1. The third kappa shape index (κ3) is 5.89. The predicted molar refractivity (Wildman–Crippen MR) is 144 cm³/mol. The van der Waals surface area contributed by atoms with Crippen LogP contribution in [0.4, 0.5) is 9.18 Å². The summed E-state index contributed by atoms with van der Waals surface area (Å²) in [6.07, 6.45) is 10.2. The quantitative estimate of drug-likeness (QED) is 0.316. The number of hydrogen-bond acceptors (Lipinski definition) is 3. The van der Waals surface area contributed by atoms with Gasteiger partial charge >= 0.3 is 6.09 Å². The molecule has 0 bridgehead atoms. The third-order valence-electron chi connectivity index (χ3n) is 8.55. The number of halogens is 1. The van der Waals surface area contributed by atoms with Gasteiger partial charge in [0.25, 0.3) is 0 Å². The van der Waals surface area contributed by atoms with Gasteiger partial charge in [0.05, 0.1) is 11.7 Å². The van der Waals surface area contributed by atoms with Crippen LogP contribution in [0.2, 0.25) is 18.1 Å². The second-order valence-corrected chi connectivity index (χ2v) is 16.6. The smallest absolute Gasteiger partial charge is 0.430 e. The number of rotatable bonds is 6. The molecule has 0 radical (unpaired) electrons. The first-order valence-corrected chi connectivity index (χ1v) is 16.0. The summed E-state index contributed by atoms with van der Waals surface area (Å²) in [5.74, 6) is 1.33. The van der Waals surface area contributed by atoms with Crippen LogP contribution in [0.25, 0.3) is 17.2 Å². The number of hydroxylamine groups is 2. The molecule has 2 saturated carbocycles. The summed E-state index contributed by atoms with van der Waals surface area (Å²) < 4.78 is 19.8. The van der Waals surface area contributed by atoms with Gasteiger partial charge in [-0.15, -0.1) is 0 Å². The van der Waals surface area contributed by atoms with E-state index in [-0.39, 0.29) is 16.9 Å². The normalized spacial score (nSPS) is 24.6. The van der Waals surface area contributed by atoms with Crippen LogP contribution in [-0.2, 0) is 4.53 Å². The highest BCUT2D eigenvalue weighted by Crippen LogP contribution is 2.48. The highest BCUT2D eigenvalue weighted by atomic mass is 28.4. The Labute approximate surface area is 215 Å². The molecule has 4 rings (SSSR count). The van der Waals surface area contributed by atoms with Crippen LogP contribution < -0.4 is 0 Å². The van der Waals surface area contributed by atoms with E-state index in [1.807, 2.05) is 18.2 Å². The van der Waals surface area contributed by atoms with Crippen LogP contribution in [0.15, 0.2) is 48.7 Å². The number of fused-ring (bicyclic) bond motifs is 1. The zero-order chi connectivity index (χ0) is 26.1. The Morgan fingerprint density at radius 2 is 1.92 bits per heavy atom. The van der Waals surface area contributed by atoms with Crippen molar-refractivity contribution in [1.82, 2.24) is 10.0 Å². The molecule has 4 atom stereocenters. The molecule has 0 saturated heterocycles. The Bertz CT molecular complexity index is 1100. The summed E-state index contributed by atoms with van der Waals surface area (Å²) >= 11 is 0. The van der Waals surface area contributed by atoms with Gasteiger partial charge in [0, 0.05) is 11.8 Å². The van der Waals surface area contributed by atoms with E-state index < -0.39 is 14.4 Å². The van der Waals surface area contributed by atoms with Gasteiger partial charge in [-0.2, -0.15) is 5.06 Å². The third-order valence-corrected chi connectivity index (χ3v) is 12.8. The minimum atomic E-state index is -2.23. The van der Waals surface area contributed by atoms with Crippen molar-refractivity contribution in [1.29, 1.82) is 0 Å². The number of allylic oxidation sites excluding steroid dienone is 1. The van der Waals surface area contributed by atoms with E-state index in [9.17, 15) is 14.3 Å². The number of carbonyl (C=O) groups is 1. The fraction of sp³-hybridized carbons (Fsp3) is 0.517. The maximum atomic E-state index is 13.5. The Balaban J connectivity index is 1.38. The molecule has 2 unspecified atom stereocenters. The Morgan fingerprint density at radius 1 is 1.14 bits per heavy atom. The topological polar surface area (TPSA) is 62.7 Å². The average Bonchev–Trinajstić information content (AvgIpc) is 3.23. The highest BCUT2D eigenvalue weighted by molar-refractivity contribution is 6.74. The van der Waals surface area contributed by atoms with Crippen molar-refractivity contribution in [3.05, 3.63) is 60.2 Å². The molecule has 0 spiro atoms. The molecule has 2 fully saturated rings. The van der Waals surface area contributed by atoms with Crippen molar-refractivity contribution in [3.63, 3.8) is 0 Å². The van der Waals surface area contributed by atoms with Crippen LogP contribution in [-0.4, -0.2) is 35.6 Å². The lowest BCUT2D eigenvalue weighted by Gasteiger charge is -2.44. The number of carboxylic acid groups (broad SMARTS) is 1. The van der Waals surface area contributed by atoms with Gasteiger partial charge in [0.15, 0.2) is 0 Å². The van der Waals surface area contributed by atoms with Crippen LogP contribution in [0.5, 0.6) is 0 Å². The van der Waals surface area contributed by atoms with Crippen molar-refractivity contribution >= 4 is 20.5 Å². The van der Waals surface area contributed by atoms with Gasteiger partial charge in [0.1, 0.15) is 5.82 Å². The molecule has 2 aromatic rings. The number of hydrogen-bond donors (Lipinski definition) is 1. The van der Waals surface area contributed by atoms with Crippen LogP contribution in [0.3, 0.4) is 0 Å². The maximum Gasteiger partial charge on any atom is 0.430 e. The van der Waals surface area contributed by atoms with E-state index in [1.54, 1.807) is 12.3 Å². The first kappa shape index (κ1) is 26.5. The predicted octanol–water partition coefficient (Wildman–Crippen LogP) is 8.01. The number of nitrogens with zero attached hydrogens (tertiary/aromatic N) is 2. The molecule has 1 aromatic heterocycles. The summed E-state index contributed by atoms with van der Waals surface area (Å²) in [7, 11) is -2.23. The largest absolute Gasteiger partial charge is 0.463 e. The van der Waals surface area contributed by atoms with E-state index >= 15 is 0 Å². The minimum absolute atomic E-state index is 0.0509. The van der Waals surface area contributed by atoms with Crippen molar-refractivity contribution in [3.8, 4) is 11.1 Å². The minimum Gasteiger partial charge on any atom is -0.463 e. The van der Waals surface area contributed by atoms with Crippen LogP contribution in [0.1, 0.15) is 58.6 Å². The van der Waals surface area contributed by atoms with E-state index in [2.05, 4.69) is 51.0 Å². The summed E-state index contributed by atoms with van der Waals surface area (Å²) in [6.45, 7) is 10.6. The monoisotopic (exact) mass is 510 g/mol. The summed E-state index contributed by atoms with van der Waals surface area (Å²) in [5, 5.41) is 11.2. The van der Waals surface area contributed by atoms with Crippen molar-refractivity contribution in [2.24, 2.45) is 17.8 Å². The van der Waals surface area contributed by atoms with Gasteiger partial charge in [-0.1, -0.05) is 45.0 Å². The van der Waals surface area contributed by atoms with E-state index in [4.69, 9.17) is 4.53 Å². The number of benzene rings is 1. The van der Waals surface area contributed by atoms with Crippen molar-refractivity contribution in [2.75, 3.05) is 0 Å². The second kappa shape index (κ2) is 10.5. The molecule has 2 aliphatic carbocycles. The molecule has 5 nitrogen and oxygen atoms in total. The first-order chi connectivity index (χ1) is 16.9. The average molecular weight is 511 g/mol. The first-order valence-electron chi connectivity index (χ1n) is 13.1. The summed E-state index contributed by atoms with van der Waals surface area (Å²) in [5.41, 5.74) is 2.61. The Kier molecular flexibility index (Phi) is 7.71. The van der Waals surface area contributed by atoms with Crippen molar-refractivity contribution in [2.45, 2.75) is 77.0 Å². The molecule has 7 heteroatoms. The van der Waals surface area contributed by atoms with Crippen LogP contribution >= 0.6 is 0 Å². The molecular weight excluding hydrogens is 471 g/mol. The maximum absolute atomic E-state index is 13.5. The van der Waals surface area contributed by atoms with Gasteiger partial charge in [0.2, 0.25) is 8.32 Å². The number of amides is 1. The number of aromatic nitrogens is 1. The van der Waals surface area contributed by atoms with Gasteiger partial charge < -0.3 is 9.63 Å². The molecule has 194 valence electrons. The lowest BCUT2D eigenvalue weighted by Crippen LogP contribution is -2.53. The van der Waals surface area contributed by atoms with E-state index in [0.29, 0.717) is 17.8 Å². The Hall–Kier alpha value is -2.51. The zero-order valence-electron chi connectivity index (χ0n) is 22.1. The summed E-state index contributed by atoms with van der Waals surface area (Å²) in [4.78, 5) is 16.7. The van der Waals surface area contributed by atoms with Crippen LogP contribution in [0, 0.1) is 23.6 Å².